The first-order chi connectivity index (χ1) is 19.5. The summed E-state index contributed by atoms with van der Waals surface area (Å²) in [5.74, 6) is 2.31. The quantitative estimate of drug-likeness (QED) is 0.279. The largest absolute Gasteiger partial charge is 0.496 e. The number of hydrogen-bond donors (Lipinski definition) is 1. The van der Waals surface area contributed by atoms with Crippen molar-refractivity contribution in [2.24, 2.45) is 0 Å². The molecule has 0 atom stereocenters. The van der Waals surface area contributed by atoms with Crippen LogP contribution in [0.3, 0.4) is 0 Å². The lowest BCUT2D eigenvalue weighted by molar-refractivity contribution is 0.381. The molecule has 0 fully saturated rings. The summed E-state index contributed by atoms with van der Waals surface area (Å²) in [6, 6.07) is 15.1. The molecule has 0 radical (unpaired) electrons. The number of tetrazole rings is 1. The highest BCUT2D eigenvalue weighted by Gasteiger charge is 2.19. The van der Waals surface area contributed by atoms with Crippen LogP contribution in [0.5, 0.6) is 11.6 Å². The van der Waals surface area contributed by atoms with Crippen molar-refractivity contribution < 1.29 is 9.47 Å². The van der Waals surface area contributed by atoms with Gasteiger partial charge in [0.25, 0.3) is 5.56 Å². The summed E-state index contributed by atoms with van der Waals surface area (Å²) in [6.07, 6.45) is 4.75. The normalized spacial score (nSPS) is 11.0. The predicted molar refractivity (Wildman–Crippen MR) is 150 cm³/mol. The van der Waals surface area contributed by atoms with Crippen LogP contribution in [0.15, 0.2) is 59.5 Å². The molecule has 11 heteroatoms. The number of aromatic nitrogens is 8. The van der Waals surface area contributed by atoms with Crippen molar-refractivity contribution in [2.75, 3.05) is 14.2 Å². The average Bonchev–Trinajstić information content (AvgIpc) is 3.53. The van der Waals surface area contributed by atoms with E-state index in [1.165, 1.54) is 11.7 Å². The van der Waals surface area contributed by atoms with Crippen molar-refractivity contribution in [1.29, 1.82) is 0 Å². The minimum absolute atomic E-state index is 0.185. The zero-order chi connectivity index (χ0) is 28.1. The van der Waals surface area contributed by atoms with Crippen molar-refractivity contribution in [2.45, 2.75) is 39.5 Å². The van der Waals surface area contributed by atoms with E-state index < -0.39 is 0 Å². The van der Waals surface area contributed by atoms with Crippen molar-refractivity contribution >= 4 is 0 Å². The van der Waals surface area contributed by atoms with E-state index >= 15 is 0 Å². The van der Waals surface area contributed by atoms with E-state index in [0.717, 1.165) is 40.9 Å². The Morgan fingerprint density at radius 1 is 1.00 bits per heavy atom. The first kappa shape index (κ1) is 26.7. The van der Waals surface area contributed by atoms with Crippen LogP contribution < -0.4 is 15.0 Å². The molecule has 0 amide bonds. The molecule has 0 saturated heterocycles. The molecule has 0 saturated carbocycles. The minimum Gasteiger partial charge on any atom is -0.496 e. The SMILES string of the molecule is CCCCc1nc(C)n(-c2cc(OC)cc(OC)n2)c(=O)c1Cc1ccc(-c2ccccc2-c2nn[nH]n2)cn1. The maximum atomic E-state index is 14.0. The second-order valence-corrected chi connectivity index (χ2v) is 9.23. The molecule has 0 aliphatic heterocycles. The Labute approximate surface area is 231 Å². The fourth-order valence-corrected chi connectivity index (χ4v) is 4.60. The molecule has 4 aromatic heterocycles. The Bertz CT molecular complexity index is 1640. The van der Waals surface area contributed by atoms with Gasteiger partial charge in [0.05, 0.1) is 19.9 Å². The highest BCUT2D eigenvalue weighted by Crippen LogP contribution is 2.29. The average molecular weight is 539 g/mol. The maximum Gasteiger partial charge on any atom is 0.263 e. The lowest BCUT2D eigenvalue weighted by Gasteiger charge is -2.16. The van der Waals surface area contributed by atoms with Gasteiger partial charge < -0.3 is 9.47 Å². The van der Waals surface area contributed by atoms with Gasteiger partial charge in [-0.25, -0.2) is 9.55 Å². The Morgan fingerprint density at radius 2 is 1.82 bits per heavy atom. The number of H-pyrrole nitrogens is 1. The molecule has 0 bridgehead atoms. The summed E-state index contributed by atoms with van der Waals surface area (Å²) in [7, 11) is 3.08. The molecule has 40 heavy (non-hydrogen) atoms. The monoisotopic (exact) mass is 538 g/mol. The van der Waals surface area contributed by atoms with Gasteiger partial charge in [0.15, 0.2) is 0 Å². The second kappa shape index (κ2) is 11.9. The van der Waals surface area contributed by atoms with Crippen LogP contribution in [0.1, 0.15) is 42.5 Å². The Morgan fingerprint density at radius 3 is 2.50 bits per heavy atom. The predicted octanol–water partition coefficient (Wildman–Crippen LogP) is 4.13. The first-order valence-electron chi connectivity index (χ1n) is 13.0. The molecular formula is C29H30N8O3. The summed E-state index contributed by atoms with van der Waals surface area (Å²) < 4.78 is 12.2. The van der Waals surface area contributed by atoms with E-state index in [1.54, 1.807) is 25.4 Å². The molecule has 5 rings (SSSR count). The van der Waals surface area contributed by atoms with E-state index in [-0.39, 0.29) is 5.56 Å². The van der Waals surface area contributed by atoms with Crippen molar-refractivity contribution in [3.8, 4) is 40.0 Å². The van der Waals surface area contributed by atoms with E-state index in [2.05, 4.69) is 32.5 Å². The van der Waals surface area contributed by atoms with Gasteiger partial charge in [-0.2, -0.15) is 10.2 Å². The van der Waals surface area contributed by atoms with Crippen LogP contribution in [0.25, 0.3) is 28.3 Å². The van der Waals surface area contributed by atoms with E-state index in [1.807, 2.05) is 43.3 Å². The Balaban J connectivity index is 1.54. The molecule has 0 aliphatic carbocycles. The number of pyridine rings is 2. The lowest BCUT2D eigenvalue weighted by atomic mass is 9.99. The molecule has 204 valence electrons. The molecule has 0 unspecified atom stereocenters. The Hall–Kier alpha value is -4.93. The summed E-state index contributed by atoms with van der Waals surface area (Å²) in [5.41, 5.74) is 4.63. The third-order valence-electron chi connectivity index (χ3n) is 6.64. The highest BCUT2D eigenvalue weighted by molar-refractivity contribution is 5.79. The number of aromatic amines is 1. The zero-order valence-corrected chi connectivity index (χ0v) is 22.9. The smallest absolute Gasteiger partial charge is 0.263 e. The van der Waals surface area contributed by atoms with Crippen molar-refractivity contribution in [3.05, 3.63) is 87.9 Å². The van der Waals surface area contributed by atoms with E-state index in [9.17, 15) is 4.79 Å². The number of hydrogen-bond acceptors (Lipinski definition) is 9. The number of aryl methyl sites for hydroxylation is 2. The fraction of sp³-hybridized carbons (Fsp3) is 0.276. The Kier molecular flexibility index (Phi) is 7.90. The number of rotatable bonds is 10. The third kappa shape index (κ3) is 5.44. The fourth-order valence-electron chi connectivity index (χ4n) is 4.60. The summed E-state index contributed by atoms with van der Waals surface area (Å²) in [6.45, 7) is 3.93. The van der Waals surface area contributed by atoms with Crippen molar-refractivity contribution in [3.63, 3.8) is 0 Å². The van der Waals surface area contributed by atoms with Crippen LogP contribution in [0.2, 0.25) is 0 Å². The minimum atomic E-state index is -0.185. The third-order valence-corrected chi connectivity index (χ3v) is 6.64. The van der Waals surface area contributed by atoms with Gasteiger partial charge >= 0.3 is 0 Å². The van der Waals surface area contributed by atoms with E-state index in [4.69, 9.17) is 19.4 Å². The summed E-state index contributed by atoms with van der Waals surface area (Å²) >= 11 is 0. The molecule has 1 N–H and O–H groups in total. The molecule has 0 aliphatic rings. The molecule has 5 aromatic rings. The van der Waals surface area contributed by atoms with E-state index in [0.29, 0.717) is 47.5 Å². The van der Waals surface area contributed by atoms with Crippen LogP contribution >= 0.6 is 0 Å². The van der Waals surface area contributed by atoms with Gasteiger partial charge in [0, 0.05) is 47.1 Å². The van der Waals surface area contributed by atoms with Crippen LogP contribution in [-0.4, -0.2) is 54.4 Å². The molecule has 11 nitrogen and oxygen atoms in total. The van der Waals surface area contributed by atoms with Gasteiger partial charge in [-0.05, 0) is 36.6 Å². The maximum absolute atomic E-state index is 14.0. The van der Waals surface area contributed by atoms with Gasteiger partial charge in [-0.1, -0.05) is 43.7 Å². The van der Waals surface area contributed by atoms with Crippen LogP contribution in [0.4, 0.5) is 0 Å². The number of ether oxygens (including phenoxy) is 2. The summed E-state index contributed by atoms with van der Waals surface area (Å²) in [5, 5.41) is 14.4. The van der Waals surface area contributed by atoms with Crippen LogP contribution in [-0.2, 0) is 12.8 Å². The highest BCUT2D eigenvalue weighted by atomic mass is 16.5. The van der Waals surface area contributed by atoms with Crippen molar-refractivity contribution in [1.82, 2.24) is 40.1 Å². The molecular weight excluding hydrogens is 508 g/mol. The zero-order valence-electron chi connectivity index (χ0n) is 22.9. The molecule has 1 aromatic carbocycles. The molecule has 4 heterocycles. The van der Waals surface area contributed by atoms with Crippen LogP contribution in [0, 0.1) is 6.92 Å². The number of nitrogens with zero attached hydrogens (tertiary/aromatic N) is 7. The van der Waals surface area contributed by atoms with Gasteiger partial charge in [-0.15, -0.1) is 10.2 Å². The lowest BCUT2D eigenvalue weighted by Crippen LogP contribution is -2.29. The number of nitrogens with one attached hydrogen (secondary N) is 1. The van der Waals surface area contributed by atoms with Gasteiger partial charge in [0.1, 0.15) is 17.4 Å². The molecule has 0 spiro atoms. The number of unbranched alkanes of at least 4 members (excludes halogenated alkanes) is 1. The second-order valence-electron chi connectivity index (χ2n) is 9.23. The van der Waals surface area contributed by atoms with Gasteiger partial charge in [-0.3, -0.25) is 9.78 Å². The van der Waals surface area contributed by atoms with Gasteiger partial charge in [0.2, 0.25) is 11.7 Å². The number of methoxy groups -OCH3 is 2. The number of benzene rings is 1. The topological polar surface area (TPSA) is 134 Å². The standard InChI is InChI=1S/C29H30N8O3/c1-5-6-11-25-24(29(38)37(18(2)31-25)26-15-21(39-3)16-27(32-26)40-4)14-20-13-12-19(17-30-20)22-9-7-8-10-23(22)28-33-35-36-34-28/h7-10,12-13,15-17H,5-6,11,14H2,1-4H3,(H,33,34,35,36). The first-order valence-corrected chi connectivity index (χ1v) is 13.0. The summed E-state index contributed by atoms with van der Waals surface area (Å²) in [4.78, 5) is 28.1.